The van der Waals surface area contributed by atoms with Gasteiger partial charge in [-0.15, -0.1) is 0 Å². The fourth-order valence-corrected chi connectivity index (χ4v) is 4.85. The van der Waals surface area contributed by atoms with Crippen LogP contribution in [0.5, 0.6) is 0 Å². The lowest BCUT2D eigenvalue weighted by molar-refractivity contribution is 0.0944. The third-order valence-electron chi connectivity index (χ3n) is 6.76. The number of hydrogen-bond acceptors (Lipinski definition) is 3. The Hall–Kier alpha value is -2.66. The van der Waals surface area contributed by atoms with E-state index in [1.54, 1.807) is 0 Å². The summed E-state index contributed by atoms with van der Waals surface area (Å²) in [6, 6.07) is 16.4. The highest BCUT2D eigenvalue weighted by Gasteiger charge is 2.27. The second kappa shape index (κ2) is 8.83. The fraction of sp³-hybridized carbons (Fsp3) is 0.462. The molecule has 0 radical (unpaired) electrons. The van der Waals surface area contributed by atoms with E-state index >= 15 is 0 Å². The fourth-order valence-electron chi connectivity index (χ4n) is 4.85. The maximum Gasteiger partial charge on any atom is 0.268 e. The lowest BCUT2D eigenvalue weighted by Crippen LogP contribution is -2.30. The minimum Gasteiger partial charge on any atom is -0.350 e. The Labute approximate surface area is 184 Å². The number of hydrogen-bond donors (Lipinski definition) is 1. The molecular weight excluding hydrogens is 384 g/mol. The molecule has 1 aromatic carbocycles. The van der Waals surface area contributed by atoms with Crippen molar-refractivity contribution in [1.82, 2.24) is 19.6 Å². The molecule has 2 aliphatic rings. The van der Waals surface area contributed by atoms with Crippen molar-refractivity contribution >= 4 is 11.6 Å². The van der Waals surface area contributed by atoms with Gasteiger partial charge in [0, 0.05) is 31.7 Å². The molecule has 0 bridgehead atoms. The molecule has 5 rings (SSSR count). The molecule has 5 heteroatoms. The van der Waals surface area contributed by atoms with Gasteiger partial charge in [-0.25, -0.2) is 4.98 Å². The van der Waals surface area contributed by atoms with Crippen molar-refractivity contribution in [2.45, 2.75) is 45.1 Å². The smallest absolute Gasteiger partial charge is 0.268 e. The second-order valence-electron chi connectivity index (χ2n) is 9.50. The van der Waals surface area contributed by atoms with Gasteiger partial charge in [-0.1, -0.05) is 56.2 Å². The van der Waals surface area contributed by atoms with Gasteiger partial charge in [0.15, 0.2) is 0 Å². The summed E-state index contributed by atoms with van der Waals surface area (Å²) in [6.45, 7) is 6.08. The van der Waals surface area contributed by atoms with Crippen molar-refractivity contribution < 1.29 is 4.79 Å². The van der Waals surface area contributed by atoms with Crippen molar-refractivity contribution in [2.24, 2.45) is 11.8 Å². The summed E-state index contributed by atoms with van der Waals surface area (Å²) in [5.41, 5.74) is 3.85. The number of amides is 1. The number of imidazole rings is 1. The zero-order valence-electron chi connectivity index (χ0n) is 18.3. The second-order valence-corrected chi connectivity index (χ2v) is 9.50. The normalized spacial score (nSPS) is 20.2. The molecule has 2 atom stereocenters. The van der Waals surface area contributed by atoms with Crippen molar-refractivity contribution in [3.05, 3.63) is 71.7 Å². The van der Waals surface area contributed by atoms with E-state index in [-0.39, 0.29) is 5.91 Å². The van der Waals surface area contributed by atoms with Crippen LogP contribution in [-0.2, 0) is 6.54 Å². The minimum atomic E-state index is -0.0268. The SMILES string of the molecule is C[C@@H]1CCN(Cc2cn3c(C(=O)NCC(CC4CC4)c4ccccc4)cccc3n2)C1. The lowest BCUT2D eigenvalue weighted by Gasteiger charge is -2.18. The van der Waals surface area contributed by atoms with Crippen LogP contribution in [0.15, 0.2) is 54.7 Å². The number of rotatable bonds is 8. The maximum absolute atomic E-state index is 13.1. The molecule has 1 aliphatic carbocycles. The maximum atomic E-state index is 13.1. The number of aromatic nitrogens is 2. The van der Waals surface area contributed by atoms with Crippen LogP contribution in [0.1, 0.15) is 60.3 Å². The highest BCUT2D eigenvalue weighted by atomic mass is 16.1. The number of nitrogens with zero attached hydrogens (tertiary/aromatic N) is 3. The average Bonchev–Trinajstić information content (AvgIpc) is 3.37. The summed E-state index contributed by atoms with van der Waals surface area (Å²) in [6.07, 6.45) is 7.09. The van der Waals surface area contributed by atoms with Crippen LogP contribution >= 0.6 is 0 Å². The Morgan fingerprint density at radius 2 is 1.97 bits per heavy atom. The van der Waals surface area contributed by atoms with Crippen molar-refractivity contribution in [1.29, 1.82) is 0 Å². The third kappa shape index (κ3) is 4.82. The van der Waals surface area contributed by atoms with E-state index in [0.29, 0.717) is 18.2 Å². The molecule has 1 saturated carbocycles. The zero-order valence-corrected chi connectivity index (χ0v) is 18.3. The highest BCUT2D eigenvalue weighted by molar-refractivity contribution is 5.93. The number of likely N-dealkylation sites (tertiary alicyclic amines) is 1. The van der Waals surface area contributed by atoms with E-state index in [0.717, 1.165) is 49.2 Å². The largest absolute Gasteiger partial charge is 0.350 e. The molecule has 2 fully saturated rings. The molecule has 1 unspecified atom stereocenters. The molecule has 31 heavy (non-hydrogen) atoms. The van der Waals surface area contributed by atoms with E-state index in [1.807, 2.05) is 28.8 Å². The number of nitrogens with one attached hydrogen (secondary N) is 1. The quantitative estimate of drug-likeness (QED) is 0.589. The molecule has 1 N–H and O–H groups in total. The van der Waals surface area contributed by atoms with Gasteiger partial charge >= 0.3 is 0 Å². The van der Waals surface area contributed by atoms with Crippen LogP contribution < -0.4 is 5.32 Å². The van der Waals surface area contributed by atoms with E-state index in [4.69, 9.17) is 4.98 Å². The third-order valence-corrected chi connectivity index (χ3v) is 6.76. The molecule has 2 aromatic heterocycles. The Bertz CT molecular complexity index is 1040. The summed E-state index contributed by atoms with van der Waals surface area (Å²) < 4.78 is 1.95. The molecule has 3 heterocycles. The Morgan fingerprint density at radius 3 is 2.71 bits per heavy atom. The van der Waals surface area contributed by atoms with Crippen LogP contribution in [0, 0.1) is 11.8 Å². The Morgan fingerprint density at radius 1 is 1.13 bits per heavy atom. The van der Waals surface area contributed by atoms with Gasteiger partial charge in [-0.05, 0) is 48.9 Å². The first kappa shape index (κ1) is 20.3. The Balaban J connectivity index is 1.29. The summed E-state index contributed by atoms with van der Waals surface area (Å²) in [5, 5.41) is 3.21. The number of carbonyl (C=O) groups excluding carboxylic acids is 1. The molecule has 1 amide bonds. The number of fused-ring (bicyclic) bond motifs is 1. The van der Waals surface area contributed by atoms with Gasteiger partial charge < -0.3 is 5.32 Å². The molecule has 1 aliphatic heterocycles. The predicted molar refractivity (Wildman–Crippen MR) is 123 cm³/mol. The number of carbonyl (C=O) groups is 1. The highest BCUT2D eigenvalue weighted by Crippen LogP contribution is 2.38. The monoisotopic (exact) mass is 416 g/mol. The van der Waals surface area contributed by atoms with Gasteiger partial charge in [0.25, 0.3) is 5.91 Å². The van der Waals surface area contributed by atoms with Crippen molar-refractivity contribution in [3.63, 3.8) is 0 Å². The number of benzene rings is 1. The Kier molecular flexibility index (Phi) is 5.77. The standard InChI is InChI=1S/C26H32N4O/c1-19-12-13-29(16-19)17-23-18-30-24(8-5-9-25(30)28-23)26(31)27-15-22(14-20-10-11-20)21-6-3-2-4-7-21/h2-9,18-20,22H,10-17H2,1H3,(H,27,31)/t19-,22?/m1/s1. The minimum absolute atomic E-state index is 0.0268. The molecule has 1 saturated heterocycles. The van der Waals surface area contributed by atoms with Crippen molar-refractivity contribution in [2.75, 3.05) is 19.6 Å². The van der Waals surface area contributed by atoms with Gasteiger partial charge in [-0.2, -0.15) is 0 Å². The van der Waals surface area contributed by atoms with E-state index < -0.39 is 0 Å². The van der Waals surface area contributed by atoms with Gasteiger partial charge in [0.2, 0.25) is 0 Å². The predicted octanol–water partition coefficient (Wildman–Crippen LogP) is 4.49. The summed E-state index contributed by atoms with van der Waals surface area (Å²) in [7, 11) is 0. The molecule has 162 valence electrons. The first-order chi connectivity index (χ1) is 15.2. The van der Waals surface area contributed by atoms with E-state index in [1.165, 1.54) is 24.8 Å². The van der Waals surface area contributed by atoms with Gasteiger partial charge in [0.05, 0.1) is 5.69 Å². The molecular formula is C26H32N4O. The molecule has 3 aromatic rings. The van der Waals surface area contributed by atoms with E-state index in [2.05, 4.69) is 47.5 Å². The average molecular weight is 417 g/mol. The van der Waals surface area contributed by atoms with Crippen LogP contribution in [0.25, 0.3) is 5.65 Å². The summed E-state index contributed by atoms with van der Waals surface area (Å²) in [4.78, 5) is 20.4. The molecule has 0 spiro atoms. The van der Waals surface area contributed by atoms with Gasteiger partial charge in [0.1, 0.15) is 11.3 Å². The molecule has 5 nitrogen and oxygen atoms in total. The van der Waals surface area contributed by atoms with Crippen LogP contribution in [-0.4, -0.2) is 39.8 Å². The van der Waals surface area contributed by atoms with Crippen molar-refractivity contribution in [3.8, 4) is 0 Å². The first-order valence-corrected chi connectivity index (χ1v) is 11.7. The number of pyridine rings is 1. The van der Waals surface area contributed by atoms with Crippen LogP contribution in [0.2, 0.25) is 0 Å². The van der Waals surface area contributed by atoms with Crippen LogP contribution in [0.4, 0.5) is 0 Å². The van der Waals surface area contributed by atoms with Gasteiger partial charge in [-0.3, -0.25) is 14.1 Å². The van der Waals surface area contributed by atoms with Crippen LogP contribution in [0.3, 0.4) is 0 Å². The zero-order chi connectivity index (χ0) is 21.2. The first-order valence-electron chi connectivity index (χ1n) is 11.7. The summed E-state index contributed by atoms with van der Waals surface area (Å²) in [5.74, 6) is 1.91. The lowest BCUT2D eigenvalue weighted by atomic mass is 9.93. The van der Waals surface area contributed by atoms with E-state index in [9.17, 15) is 4.79 Å². The summed E-state index contributed by atoms with van der Waals surface area (Å²) >= 11 is 0. The topological polar surface area (TPSA) is 49.6 Å².